The first-order chi connectivity index (χ1) is 16.1. The Morgan fingerprint density at radius 3 is 2.52 bits per heavy atom. The van der Waals surface area contributed by atoms with Crippen molar-refractivity contribution in [1.29, 1.82) is 0 Å². The van der Waals surface area contributed by atoms with Crippen LogP contribution in [0, 0.1) is 13.8 Å². The van der Waals surface area contributed by atoms with Crippen LogP contribution in [0.15, 0.2) is 85.2 Å². The fourth-order valence-corrected chi connectivity index (χ4v) is 3.67. The molecule has 2 aromatic heterocycles. The molecule has 0 fully saturated rings. The summed E-state index contributed by atoms with van der Waals surface area (Å²) < 4.78 is 7.81. The highest BCUT2D eigenvalue weighted by molar-refractivity contribution is 6.12. The first-order valence-corrected chi connectivity index (χ1v) is 10.5. The number of hydrogen-bond acceptors (Lipinski definition) is 5. The molecule has 5 aromatic rings. The van der Waals surface area contributed by atoms with Crippen LogP contribution in [0.25, 0.3) is 16.6 Å². The maximum Gasteiger partial charge on any atom is 0.256 e. The maximum absolute atomic E-state index is 12.9. The second-order valence-corrected chi connectivity index (χ2v) is 7.56. The van der Waals surface area contributed by atoms with Crippen LogP contribution in [0.4, 0.5) is 5.69 Å². The highest BCUT2D eigenvalue weighted by Crippen LogP contribution is 2.25. The summed E-state index contributed by atoms with van der Waals surface area (Å²) in [7, 11) is 0. The summed E-state index contributed by atoms with van der Waals surface area (Å²) in [5.41, 5.74) is 1.31. The number of carbonyl (C=O) groups excluding carboxylic acids is 1. The van der Waals surface area contributed by atoms with Crippen molar-refractivity contribution in [2.24, 2.45) is 0 Å². The Kier molecular flexibility index (Phi) is 5.28. The molecule has 162 valence electrons. The lowest BCUT2D eigenvalue weighted by Crippen LogP contribution is -2.12. The smallest absolute Gasteiger partial charge is 0.256 e. The van der Waals surface area contributed by atoms with E-state index >= 15 is 0 Å². The highest BCUT2D eigenvalue weighted by atomic mass is 16.5. The van der Waals surface area contributed by atoms with Crippen molar-refractivity contribution in [3.8, 4) is 17.4 Å². The Bertz CT molecular complexity index is 1450. The van der Waals surface area contributed by atoms with Crippen molar-refractivity contribution in [3.05, 3.63) is 102 Å². The molecule has 7 heteroatoms. The molecule has 1 amide bonds. The number of nitrogens with one attached hydrogen (secondary N) is 1. The second-order valence-electron chi connectivity index (χ2n) is 7.56. The summed E-state index contributed by atoms with van der Waals surface area (Å²) in [6.07, 6.45) is 3.56. The van der Waals surface area contributed by atoms with Gasteiger partial charge in [-0.25, -0.2) is 9.97 Å². The molecule has 0 aliphatic heterocycles. The van der Waals surface area contributed by atoms with E-state index < -0.39 is 0 Å². The van der Waals surface area contributed by atoms with Gasteiger partial charge in [0, 0.05) is 29.7 Å². The number of anilines is 1. The first-order valence-electron chi connectivity index (χ1n) is 10.5. The number of fused-ring (bicyclic) bond motifs is 1. The normalized spacial score (nSPS) is 10.8. The van der Waals surface area contributed by atoms with Gasteiger partial charge in [-0.05, 0) is 55.0 Å². The highest BCUT2D eigenvalue weighted by Gasteiger charge is 2.11. The van der Waals surface area contributed by atoms with Crippen molar-refractivity contribution >= 4 is 22.4 Å². The lowest BCUT2D eigenvalue weighted by Gasteiger charge is -2.11. The predicted molar refractivity (Wildman–Crippen MR) is 127 cm³/mol. The SMILES string of the molecule is Cc1nc(Oc2ccc(NC(=O)c3cccc4ccccc34)cc2)cc(-n2ccnc2C)n1. The summed E-state index contributed by atoms with van der Waals surface area (Å²) in [6, 6.07) is 22.5. The minimum Gasteiger partial charge on any atom is -0.439 e. The summed E-state index contributed by atoms with van der Waals surface area (Å²) in [4.78, 5) is 25.9. The van der Waals surface area contributed by atoms with Crippen LogP contribution in [0.1, 0.15) is 22.0 Å². The fraction of sp³-hybridized carbons (Fsp3) is 0.0769. The molecule has 0 bridgehead atoms. The number of ether oxygens (including phenoxy) is 1. The lowest BCUT2D eigenvalue weighted by atomic mass is 10.0. The third-order valence-electron chi connectivity index (χ3n) is 5.24. The third-order valence-corrected chi connectivity index (χ3v) is 5.24. The van der Waals surface area contributed by atoms with E-state index in [0.717, 1.165) is 16.6 Å². The quantitative estimate of drug-likeness (QED) is 0.395. The Labute approximate surface area is 190 Å². The zero-order chi connectivity index (χ0) is 22.8. The van der Waals surface area contributed by atoms with E-state index in [1.54, 1.807) is 36.5 Å². The monoisotopic (exact) mass is 435 g/mol. The molecule has 33 heavy (non-hydrogen) atoms. The standard InChI is InChI=1S/C26H21N5O2/c1-17-28-24(31-15-14-27-18(31)2)16-25(29-17)33-21-12-10-20(11-13-21)30-26(32)23-9-5-7-19-6-3-4-8-22(19)23/h3-16H,1-2H3,(H,30,32). The van der Waals surface area contributed by atoms with Crippen LogP contribution in [-0.2, 0) is 0 Å². The van der Waals surface area contributed by atoms with Gasteiger partial charge in [0.1, 0.15) is 23.2 Å². The number of benzene rings is 3. The number of imidazole rings is 1. The number of amides is 1. The Morgan fingerprint density at radius 2 is 1.73 bits per heavy atom. The summed E-state index contributed by atoms with van der Waals surface area (Å²) in [5.74, 6) is 2.97. The van der Waals surface area contributed by atoms with Gasteiger partial charge in [0.2, 0.25) is 5.88 Å². The van der Waals surface area contributed by atoms with Gasteiger partial charge < -0.3 is 10.1 Å². The lowest BCUT2D eigenvalue weighted by molar-refractivity contribution is 0.102. The zero-order valence-electron chi connectivity index (χ0n) is 18.2. The largest absolute Gasteiger partial charge is 0.439 e. The van der Waals surface area contributed by atoms with Gasteiger partial charge in [0.05, 0.1) is 0 Å². The molecule has 0 unspecified atom stereocenters. The number of hydrogen-bond donors (Lipinski definition) is 1. The van der Waals surface area contributed by atoms with E-state index in [2.05, 4.69) is 20.3 Å². The summed E-state index contributed by atoms with van der Waals surface area (Å²) >= 11 is 0. The molecule has 0 spiro atoms. The van der Waals surface area contributed by atoms with Gasteiger partial charge in [0.15, 0.2) is 0 Å². The van der Waals surface area contributed by atoms with Crippen LogP contribution in [0.5, 0.6) is 11.6 Å². The average Bonchev–Trinajstić information content (AvgIpc) is 3.25. The molecule has 2 heterocycles. The predicted octanol–water partition coefficient (Wildman–Crippen LogP) is 5.48. The van der Waals surface area contributed by atoms with Crippen molar-refractivity contribution in [2.45, 2.75) is 13.8 Å². The maximum atomic E-state index is 12.9. The molecule has 7 nitrogen and oxygen atoms in total. The van der Waals surface area contributed by atoms with Crippen LogP contribution >= 0.6 is 0 Å². The molecule has 0 saturated heterocycles. The summed E-state index contributed by atoms with van der Waals surface area (Å²) in [5, 5.41) is 4.90. The van der Waals surface area contributed by atoms with E-state index in [1.807, 2.05) is 67.1 Å². The first kappa shape index (κ1) is 20.4. The molecule has 0 saturated carbocycles. The number of carbonyl (C=O) groups is 1. The molecular weight excluding hydrogens is 414 g/mol. The van der Waals surface area contributed by atoms with Gasteiger partial charge in [-0.15, -0.1) is 0 Å². The number of nitrogens with zero attached hydrogens (tertiary/aromatic N) is 4. The Hall–Kier alpha value is -4.52. The van der Waals surface area contributed by atoms with Gasteiger partial charge in [0.25, 0.3) is 5.91 Å². The molecule has 0 aliphatic carbocycles. The number of aromatic nitrogens is 4. The van der Waals surface area contributed by atoms with Crippen LogP contribution in [0.2, 0.25) is 0 Å². The summed E-state index contributed by atoms with van der Waals surface area (Å²) in [6.45, 7) is 3.72. The number of rotatable bonds is 5. The zero-order valence-corrected chi connectivity index (χ0v) is 18.2. The average molecular weight is 435 g/mol. The third kappa shape index (κ3) is 4.29. The van der Waals surface area contributed by atoms with Crippen LogP contribution in [-0.4, -0.2) is 25.4 Å². The van der Waals surface area contributed by atoms with Gasteiger partial charge >= 0.3 is 0 Å². The second kappa shape index (κ2) is 8.55. The van der Waals surface area contributed by atoms with Crippen LogP contribution < -0.4 is 10.1 Å². The Morgan fingerprint density at radius 1 is 0.939 bits per heavy atom. The van der Waals surface area contributed by atoms with Gasteiger partial charge in [-0.2, -0.15) is 4.98 Å². The van der Waals surface area contributed by atoms with Crippen molar-refractivity contribution in [1.82, 2.24) is 19.5 Å². The molecular formula is C26H21N5O2. The van der Waals surface area contributed by atoms with Crippen molar-refractivity contribution in [3.63, 3.8) is 0 Å². The molecule has 0 aliphatic rings. The fourth-order valence-electron chi connectivity index (χ4n) is 3.67. The van der Waals surface area contributed by atoms with E-state index in [1.165, 1.54) is 0 Å². The molecule has 1 N–H and O–H groups in total. The molecule has 5 rings (SSSR count). The van der Waals surface area contributed by atoms with E-state index in [-0.39, 0.29) is 5.91 Å². The molecule has 0 radical (unpaired) electrons. The van der Waals surface area contributed by atoms with Gasteiger partial charge in [-0.3, -0.25) is 9.36 Å². The number of aryl methyl sites for hydroxylation is 2. The van der Waals surface area contributed by atoms with Crippen LogP contribution in [0.3, 0.4) is 0 Å². The van der Waals surface area contributed by atoms with Gasteiger partial charge in [-0.1, -0.05) is 36.4 Å². The molecule has 3 aromatic carbocycles. The minimum atomic E-state index is -0.160. The Balaban J connectivity index is 1.33. The van der Waals surface area contributed by atoms with E-state index in [9.17, 15) is 4.79 Å². The minimum absolute atomic E-state index is 0.160. The molecule has 0 atom stereocenters. The van der Waals surface area contributed by atoms with Crippen molar-refractivity contribution < 1.29 is 9.53 Å². The van der Waals surface area contributed by atoms with Crippen molar-refractivity contribution in [2.75, 3.05) is 5.32 Å². The topological polar surface area (TPSA) is 81.9 Å². The van der Waals surface area contributed by atoms with E-state index in [0.29, 0.717) is 34.5 Å². The van der Waals surface area contributed by atoms with E-state index in [4.69, 9.17) is 4.74 Å².